The van der Waals surface area contributed by atoms with Crippen molar-refractivity contribution >= 4 is 34.2 Å². The van der Waals surface area contributed by atoms with Crippen molar-refractivity contribution in [2.45, 2.75) is 0 Å². The number of carbonyl (C=O) groups excluding carboxylic acids is 3. The molecular weight excluding hydrogens is 379 g/mol. The smallest absolute Gasteiger partial charge is 0.342 e. The van der Waals surface area contributed by atoms with E-state index in [1.807, 2.05) is 0 Å². The number of ether oxygens (including phenoxy) is 1. The van der Waals surface area contributed by atoms with Crippen molar-refractivity contribution in [2.75, 3.05) is 18.5 Å². The molecule has 148 valence electrons. The number of esters is 1. The lowest BCUT2D eigenvalue weighted by atomic mass is 10.1. The molecule has 0 unspecified atom stereocenters. The zero-order chi connectivity index (χ0) is 20.8. The molecule has 2 amide bonds. The van der Waals surface area contributed by atoms with Crippen LogP contribution in [0.15, 0.2) is 60.7 Å². The molecule has 0 radical (unpaired) electrons. The van der Waals surface area contributed by atoms with E-state index in [9.17, 15) is 23.9 Å². The molecule has 7 nitrogen and oxygen atoms in total. The lowest BCUT2D eigenvalue weighted by molar-refractivity contribution is -0.126. The Morgan fingerprint density at radius 3 is 2.41 bits per heavy atom. The number of rotatable bonds is 6. The SMILES string of the molecule is O=C(COC(=O)c1ccc2ccccc2c1O)NCC(=O)Nc1ccc(F)cc1. The van der Waals surface area contributed by atoms with E-state index >= 15 is 0 Å². The highest BCUT2D eigenvalue weighted by molar-refractivity contribution is 6.01. The fourth-order valence-electron chi connectivity index (χ4n) is 2.60. The van der Waals surface area contributed by atoms with Gasteiger partial charge in [0.1, 0.15) is 17.1 Å². The number of halogens is 1. The first kappa shape index (κ1) is 19.8. The molecule has 0 aliphatic heterocycles. The Labute approximate surface area is 165 Å². The Kier molecular flexibility index (Phi) is 6.03. The van der Waals surface area contributed by atoms with Crippen LogP contribution in [0.2, 0.25) is 0 Å². The zero-order valence-corrected chi connectivity index (χ0v) is 15.1. The number of anilines is 1. The Balaban J connectivity index is 1.49. The van der Waals surface area contributed by atoms with Crippen molar-refractivity contribution in [2.24, 2.45) is 0 Å². The number of hydrogen-bond donors (Lipinski definition) is 3. The van der Waals surface area contributed by atoms with Crippen LogP contribution in [0.25, 0.3) is 10.8 Å². The summed E-state index contributed by atoms with van der Waals surface area (Å²) in [6, 6.07) is 15.2. The number of carbonyl (C=O) groups is 3. The van der Waals surface area contributed by atoms with Gasteiger partial charge < -0.3 is 20.5 Å². The highest BCUT2D eigenvalue weighted by Gasteiger charge is 2.16. The van der Waals surface area contributed by atoms with Gasteiger partial charge in [0.15, 0.2) is 6.61 Å². The standard InChI is InChI=1S/C21H17FN2O5/c22-14-6-8-15(9-7-14)24-18(25)11-23-19(26)12-29-21(28)17-10-5-13-3-1-2-4-16(13)20(17)27/h1-10,27H,11-12H2,(H,23,26)(H,24,25). The van der Waals surface area contributed by atoms with Crippen molar-refractivity contribution < 1.29 is 28.6 Å². The normalized spacial score (nSPS) is 10.4. The molecule has 29 heavy (non-hydrogen) atoms. The molecule has 0 heterocycles. The molecule has 3 rings (SSSR count). The van der Waals surface area contributed by atoms with Crippen LogP contribution in [0, 0.1) is 5.82 Å². The third kappa shape index (κ3) is 5.07. The Morgan fingerprint density at radius 2 is 1.66 bits per heavy atom. The lowest BCUT2D eigenvalue weighted by Gasteiger charge is -2.09. The van der Waals surface area contributed by atoms with E-state index in [1.54, 1.807) is 30.3 Å². The van der Waals surface area contributed by atoms with E-state index in [0.717, 1.165) is 5.39 Å². The molecule has 0 spiro atoms. The minimum absolute atomic E-state index is 0.0643. The molecule has 0 saturated carbocycles. The van der Waals surface area contributed by atoms with Gasteiger partial charge in [-0.05, 0) is 35.7 Å². The number of amides is 2. The maximum Gasteiger partial charge on any atom is 0.342 e. The van der Waals surface area contributed by atoms with Crippen LogP contribution in [0.3, 0.4) is 0 Å². The van der Waals surface area contributed by atoms with Crippen molar-refractivity contribution in [3.8, 4) is 5.75 Å². The molecule has 0 bridgehead atoms. The summed E-state index contributed by atoms with van der Waals surface area (Å²) in [7, 11) is 0. The Bertz CT molecular complexity index is 1070. The third-order valence-corrected chi connectivity index (χ3v) is 4.03. The molecule has 3 N–H and O–H groups in total. The first-order valence-electron chi connectivity index (χ1n) is 8.64. The Morgan fingerprint density at radius 1 is 0.931 bits per heavy atom. The van der Waals surface area contributed by atoms with E-state index in [0.29, 0.717) is 11.1 Å². The van der Waals surface area contributed by atoms with E-state index in [-0.39, 0.29) is 17.9 Å². The van der Waals surface area contributed by atoms with Gasteiger partial charge in [-0.25, -0.2) is 9.18 Å². The molecule has 0 aliphatic carbocycles. The van der Waals surface area contributed by atoms with Crippen LogP contribution in [0.4, 0.5) is 10.1 Å². The summed E-state index contributed by atoms with van der Waals surface area (Å²) in [6.45, 7) is -0.968. The summed E-state index contributed by atoms with van der Waals surface area (Å²) >= 11 is 0. The Hall–Kier alpha value is -3.94. The molecule has 3 aromatic rings. The predicted octanol–water partition coefficient (Wildman–Crippen LogP) is 2.60. The highest BCUT2D eigenvalue weighted by Crippen LogP contribution is 2.28. The molecule has 0 saturated heterocycles. The average molecular weight is 396 g/mol. The molecule has 8 heteroatoms. The van der Waals surface area contributed by atoms with E-state index in [1.165, 1.54) is 30.3 Å². The highest BCUT2D eigenvalue weighted by atomic mass is 19.1. The van der Waals surface area contributed by atoms with Gasteiger partial charge in [0.2, 0.25) is 5.91 Å². The van der Waals surface area contributed by atoms with E-state index < -0.39 is 30.2 Å². The van der Waals surface area contributed by atoms with Gasteiger partial charge in [0.25, 0.3) is 5.91 Å². The van der Waals surface area contributed by atoms with Crippen molar-refractivity contribution in [3.05, 3.63) is 72.0 Å². The maximum atomic E-state index is 12.8. The summed E-state index contributed by atoms with van der Waals surface area (Å²) < 4.78 is 17.7. The number of benzene rings is 3. The second kappa shape index (κ2) is 8.83. The van der Waals surface area contributed by atoms with Crippen molar-refractivity contribution in [1.82, 2.24) is 5.32 Å². The number of phenols is 1. The van der Waals surface area contributed by atoms with Crippen LogP contribution in [0.5, 0.6) is 5.75 Å². The minimum Gasteiger partial charge on any atom is -0.506 e. The molecule has 0 atom stereocenters. The van der Waals surface area contributed by atoms with Crippen molar-refractivity contribution in [1.29, 1.82) is 0 Å². The summed E-state index contributed by atoms with van der Waals surface area (Å²) in [5.74, 6) is -2.74. The van der Waals surface area contributed by atoms with Gasteiger partial charge in [-0.1, -0.05) is 30.3 Å². The third-order valence-electron chi connectivity index (χ3n) is 4.03. The monoisotopic (exact) mass is 396 g/mol. The lowest BCUT2D eigenvalue weighted by Crippen LogP contribution is -2.35. The second-order valence-electron chi connectivity index (χ2n) is 6.09. The number of fused-ring (bicyclic) bond motifs is 1. The van der Waals surface area contributed by atoms with Gasteiger partial charge in [-0.2, -0.15) is 0 Å². The number of hydrogen-bond acceptors (Lipinski definition) is 5. The zero-order valence-electron chi connectivity index (χ0n) is 15.1. The molecule has 0 fully saturated rings. The van der Waals surface area contributed by atoms with Crippen LogP contribution in [0.1, 0.15) is 10.4 Å². The maximum absolute atomic E-state index is 12.8. The average Bonchev–Trinajstić information content (AvgIpc) is 2.72. The fourth-order valence-corrected chi connectivity index (χ4v) is 2.60. The van der Waals surface area contributed by atoms with Crippen LogP contribution in [-0.2, 0) is 14.3 Å². The summed E-state index contributed by atoms with van der Waals surface area (Å²) in [5.41, 5.74) is 0.314. The van der Waals surface area contributed by atoms with E-state index in [2.05, 4.69) is 10.6 Å². The van der Waals surface area contributed by atoms with Gasteiger partial charge in [-0.3, -0.25) is 9.59 Å². The van der Waals surface area contributed by atoms with Crippen LogP contribution < -0.4 is 10.6 Å². The fraction of sp³-hybridized carbons (Fsp3) is 0.0952. The van der Waals surface area contributed by atoms with Crippen LogP contribution in [-0.4, -0.2) is 36.0 Å². The van der Waals surface area contributed by atoms with Crippen molar-refractivity contribution in [3.63, 3.8) is 0 Å². The van der Waals surface area contributed by atoms with Gasteiger partial charge in [-0.15, -0.1) is 0 Å². The molecule has 3 aromatic carbocycles. The quantitative estimate of drug-likeness (QED) is 0.556. The number of nitrogens with one attached hydrogen (secondary N) is 2. The summed E-state index contributed by atoms with van der Waals surface area (Å²) in [5, 5.41) is 16.3. The summed E-state index contributed by atoms with van der Waals surface area (Å²) in [4.78, 5) is 35.7. The minimum atomic E-state index is -0.862. The number of phenolic OH excluding ortho intramolecular Hbond substituents is 1. The van der Waals surface area contributed by atoms with Gasteiger partial charge >= 0.3 is 5.97 Å². The topological polar surface area (TPSA) is 105 Å². The van der Waals surface area contributed by atoms with Gasteiger partial charge in [0.05, 0.1) is 6.54 Å². The second-order valence-corrected chi connectivity index (χ2v) is 6.09. The predicted molar refractivity (Wildman–Crippen MR) is 104 cm³/mol. The van der Waals surface area contributed by atoms with Crippen LogP contribution >= 0.6 is 0 Å². The molecular formula is C21H17FN2O5. The van der Waals surface area contributed by atoms with Gasteiger partial charge in [0, 0.05) is 11.1 Å². The number of aromatic hydroxyl groups is 1. The first-order valence-corrected chi connectivity index (χ1v) is 8.64. The molecule has 0 aliphatic rings. The summed E-state index contributed by atoms with van der Waals surface area (Å²) in [6.07, 6.45) is 0. The van der Waals surface area contributed by atoms with E-state index in [4.69, 9.17) is 4.74 Å². The first-order chi connectivity index (χ1) is 13.9. The largest absolute Gasteiger partial charge is 0.506 e. The molecule has 0 aromatic heterocycles.